The highest BCUT2D eigenvalue weighted by Gasteiger charge is 2.25. The summed E-state index contributed by atoms with van der Waals surface area (Å²) in [6, 6.07) is 7.87. The lowest BCUT2D eigenvalue weighted by Gasteiger charge is -2.32. The van der Waals surface area contributed by atoms with Crippen molar-refractivity contribution in [3.63, 3.8) is 0 Å². The number of hydrogen-bond acceptors (Lipinski definition) is 2. The minimum Gasteiger partial charge on any atom is -0.399 e. The largest absolute Gasteiger partial charge is 0.399 e. The molecule has 1 aliphatic rings. The van der Waals surface area contributed by atoms with Crippen LogP contribution in [0.1, 0.15) is 38.7 Å². The van der Waals surface area contributed by atoms with Gasteiger partial charge in [0.15, 0.2) is 0 Å². The van der Waals surface area contributed by atoms with Crippen molar-refractivity contribution in [3.05, 3.63) is 29.8 Å². The maximum Gasteiger partial charge on any atom is 0.224 e. The third-order valence-corrected chi connectivity index (χ3v) is 4.31. The molecule has 0 radical (unpaired) electrons. The number of nitrogen functional groups attached to an aromatic ring is 1. The number of anilines is 1. The fraction of sp³-hybridized carbons (Fsp3) is 0.562. The SMILES string of the molecule is CC1CCC(NC(=O)Cc2ccc(N)cc2)CC1C. The molecule has 0 saturated heterocycles. The van der Waals surface area contributed by atoms with Crippen LogP contribution in [-0.2, 0) is 11.2 Å². The predicted molar refractivity (Wildman–Crippen MR) is 78.7 cm³/mol. The molecule has 3 unspecified atom stereocenters. The van der Waals surface area contributed by atoms with E-state index in [2.05, 4.69) is 19.2 Å². The van der Waals surface area contributed by atoms with E-state index in [9.17, 15) is 4.79 Å². The van der Waals surface area contributed by atoms with E-state index >= 15 is 0 Å². The van der Waals surface area contributed by atoms with Crippen LogP contribution >= 0.6 is 0 Å². The highest BCUT2D eigenvalue weighted by Crippen LogP contribution is 2.29. The zero-order valence-electron chi connectivity index (χ0n) is 11.9. The summed E-state index contributed by atoms with van der Waals surface area (Å²) < 4.78 is 0. The van der Waals surface area contributed by atoms with Crippen molar-refractivity contribution < 1.29 is 4.79 Å². The number of benzene rings is 1. The monoisotopic (exact) mass is 260 g/mol. The quantitative estimate of drug-likeness (QED) is 0.821. The summed E-state index contributed by atoms with van der Waals surface area (Å²) in [6.07, 6.45) is 3.88. The lowest BCUT2D eigenvalue weighted by Crippen LogP contribution is -2.40. The lowest BCUT2D eigenvalue weighted by atomic mass is 9.79. The van der Waals surface area contributed by atoms with Crippen LogP contribution in [0.15, 0.2) is 24.3 Å². The predicted octanol–water partition coefficient (Wildman–Crippen LogP) is 2.75. The Morgan fingerprint density at radius 1 is 1.21 bits per heavy atom. The second-order valence-corrected chi connectivity index (χ2v) is 5.95. The molecule has 3 atom stereocenters. The number of nitrogens with two attached hydrogens (primary N) is 1. The molecule has 0 aliphatic heterocycles. The molecule has 3 nitrogen and oxygen atoms in total. The highest BCUT2D eigenvalue weighted by atomic mass is 16.1. The number of carbonyl (C=O) groups is 1. The van der Waals surface area contributed by atoms with E-state index in [0.717, 1.165) is 30.0 Å². The fourth-order valence-electron chi connectivity index (χ4n) is 2.78. The molecule has 0 spiro atoms. The van der Waals surface area contributed by atoms with E-state index in [0.29, 0.717) is 18.4 Å². The Hall–Kier alpha value is -1.51. The minimum absolute atomic E-state index is 0.122. The standard InChI is InChI=1S/C16H24N2O/c1-11-3-8-15(9-12(11)2)18-16(19)10-13-4-6-14(17)7-5-13/h4-7,11-12,15H,3,8-10,17H2,1-2H3,(H,18,19). The zero-order valence-corrected chi connectivity index (χ0v) is 11.9. The van der Waals surface area contributed by atoms with Crippen LogP contribution in [0, 0.1) is 11.8 Å². The third-order valence-electron chi connectivity index (χ3n) is 4.31. The van der Waals surface area contributed by atoms with Crippen LogP contribution in [0.5, 0.6) is 0 Å². The van der Waals surface area contributed by atoms with Crippen LogP contribution in [0.3, 0.4) is 0 Å². The summed E-state index contributed by atoms with van der Waals surface area (Å²) in [5, 5.41) is 3.16. The molecule has 1 aromatic carbocycles. The van der Waals surface area contributed by atoms with E-state index in [1.165, 1.54) is 6.42 Å². The average Bonchev–Trinajstić information content (AvgIpc) is 2.37. The van der Waals surface area contributed by atoms with Crippen LogP contribution in [0.2, 0.25) is 0 Å². The molecule has 1 saturated carbocycles. The number of nitrogens with one attached hydrogen (secondary N) is 1. The second-order valence-electron chi connectivity index (χ2n) is 5.95. The average molecular weight is 260 g/mol. The molecule has 3 N–H and O–H groups in total. The van der Waals surface area contributed by atoms with Crippen molar-refractivity contribution in [2.24, 2.45) is 11.8 Å². The van der Waals surface area contributed by atoms with E-state index in [1.807, 2.05) is 24.3 Å². The van der Waals surface area contributed by atoms with Gasteiger partial charge in [-0.15, -0.1) is 0 Å². The molecule has 0 aromatic heterocycles. The number of carbonyl (C=O) groups excluding carboxylic acids is 1. The highest BCUT2D eigenvalue weighted by molar-refractivity contribution is 5.79. The Bertz CT molecular complexity index is 427. The van der Waals surface area contributed by atoms with Gasteiger partial charge >= 0.3 is 0 Å². The molecular formula is C16H24N2O. The summed E-state index contributed by atoms with van der Waals surface area (Å²) in [5.74, 6) is 1.61. The maximum absolute atomic E-state index is 12.0. The first-order chi connectivity index (χ1) is 9.04. The summed E-state index contributed by atoms with van der Waals surface area (Å²) in [5.41, 5.74) is 7.39. The Morgan fingerprint density at radius 3 is 2.53 bits per heavy atom. The summed E-state index contributed by atoms with van der Waals surface area (Å²) in [7, 11) is 0. The molecule has 1 aliphatic carbocycles. The molecule has 2 rings (SSSR count). The van der Waals surface area contributed by atoms with Crippen molar-refractivity contribution >= 4 is 11.6 Å². The third kappa shape index (κ3) is 3.98. The van der Waals surface area contributed by atoms with Gasteiger partial charge in [0.1, 0.15) is 0 Å². The Balaban J connectivity index is 1.83. The fourth-order valence-corrected chi connectivity index (χ4v) is 2.78. The van der Waals surface area contributed by atoms with Crippen molar-refractivity contribution in [2.75, 3.05) is 5.73 Å². The number of rotatable bonds is 3. The number of amides is 1. The molecule has 1 fully saturated rings. The maximum atomic E-state index is 12.0. The van der Waals surface area contributed by atoms with Gasteiger partial charge in [-0.05, 0) is 48.8 Å². The molecule has 19 heavy (non-hydrogen) atoms. The van der Waals surface area contributed by atoms with Gasteiger partial charge in [-0.1, -0.05) is 26.0 Å². The minimum atomic E-state index is 0.122. The van der Waals surface area contributed by atoms with Crippen LogP contribution < -0.4 is 11.1 Å². The number of hydrogen-bond donors (Lipinski definition) is 2. The molecule has 1 amide bonds. The first kappa shape index (κ1) is 13.9. The van der Waals surface area contributed by atoms with E-state index in [4.69, 9.17) is 5.73 Å². The first-order valence-electron chi connectivity index (χ1n) is 7.18. The summed E-state index contributed by atoms with van der Waals surface area (Å²) >= 11 is 0. The Morgan fingerprint density at radius 2 is 1.89 bits per heavy atom. The summed E-state index contributed by atoms with van der Waals surface area (Å²) in [6.45, 7) is 4.58. The van der Waals surface area contributed by atoms with E-state index in [-0.39, 0.29) is 5.91 Å². The second kappa shape index (κ2) is 6.09. The van der Waals surface area contributed by atoms with Gasteiger partial charge in [-0.2, -0.15) is 0 Å². The topological polar surface area (TPSA) is 55.1 Å². The normalized spacial score (nSPS) is 26.9. The lowest BCUT2D eigenvalue weighted by molar-refractivity contribution is -0.121. The molecule has 1 aromatic rings. The van der Waals surface area contributed by atoms with Crippen LogP contribution in [0.4, 0.5) is 5.69 Å². The van der Waals surface area contributed by atoms with Gasteiger partial charge in [0.05, 0.1) is 6.42 Å². The first-order valence-corrected chi connectivity index (χ1v) is 7.18. The van der Waals surface area contributed by atoms with Gasteiger partial charge in [0.2, 0.25) is 5.91 Å². The van der Waals surface area contributed by atoms with E-state index in [1.54, 1.807) is 0 Å². The van der Waals surface area contributed by atoms with Gasteiger partial charge < -0.3 is 11.1 Å². The van der Waals surface area contributed by atoms with Gasteiger partial charge in [0.25, 0.3) is 0 Å². The van der Waals surface area contributed by atoms with Gasteiger partial charge in [0, 0.05) is 11.7 Å². The Kier molecular flexibility index (Phi) is 4.46. The molecule has 3 heteroatoms. The van der Waals surface area contributed by atoms with Gasteiger partial charge in [-0.25, -0.2) is 0 Å². The van der Waals surface area contributed by atoms with Crippen molar-refractivity contribution in [3.8, 4) is 0 Å². The Labute approximate surface area is 115 Å². The molecule has 104 valence electrons. The van der Waals surface area contributed by atoms with Gasteiger partial charge in [-0.3, -0.25) is 4.79 Å². The summed E-state index contributed by atoms with van der Waals surface area (Å²) in [4.78, 5) is 12.0. The molecule has 0 bridgehead atoms. The van der Waals surface area contributed by atoms with Crippen molar-refractivity contribution in [2.45, 2.75) is 45.6 Å². The van der Waals surface area contributed by atoms with Crippen LogP contribution in [-0.4, -0.2) is 11.9 Å². The smallest absolute Gasteiger partial charge is 0.224 e. The molecule has 0 heterocycles. The van der Waals surface area contributed by atoms with Crippen LogP contribution in [0.25, 0.3) is 0 Å². The zero-order chi connectivity index (χ0) is 13.8. The van der Waals surface area contributed by atoms with Crippen molar-refractivity contribution in [1.82, 2.24) is 5.32 Å². The van der Waals surface area contributed by atoms with Crippen molar-refractivity contribution in [1.29, 1.82) is 0 Å². The van der Waals surface area contributed by atoms with E-state index < -0.39 is 0 Å². The molecular weight excluding hydrogens is 236 g/mol.